The Hall–Kier alpha value is -7.68. The Morgan fingerprint density at radius 2 is 1.10 bits per heavy atom. The lowest BCUT2D eigenvalue weighted by Crippen LogP contribution is -2.29. The summed E-state index contributed by atoms with van der Waals surface area (Å²) in [5.41, 5.74) is 21.2. The summed E-state index contributed by atoms with van der Waals surface area (Å²) in [5, 5.41) is 10.0. The van der Waals surface area contributed by atoms with Crippen LogP contribution in [0.4, 0.5) is 46.0 Å². The van der Waals surface area contributed by atoms with Gasteiger partial charge < -0.3 is 50.8 Å². The maximum atomic E-state index is 6.39. The summed E-state index contributed by atoms with van der Waals surface area (Å²) in [5.74, 6) is 2.37. The van der Waals surface area contributed by atoms with Crippen LogP contribution in [0.3, 0.4) is 0 Å². The number of fused-ring (bicyclic) bond motifs is 2. The third-order valence-corrected chi connectivity index (χ3v) is 11.8. The Morgan fingerprint density at radius 3 is 1.59 bits per heavy atom. The van der Waals surface area contributed by atoms with E-state index < -0.39 is 0 Å². The predicted molar refractivity (Wildman–Crippen MR) is 282 cm³/mol. The number of nitrogens with one attached hydrogen (secondary N) is 3. The van der Waals surface area contributed by atoms with E-state index in [0.29, 0.717) is 34.8 Å². The quantitative estimate of drug-likeness (QED) is 0.0453. The van der Waals surface area contributed by atoms with Gasteiger partial charge in [-0.1, -0.05) is 73.8 Å². The maximum Gasteiger partial charge on any atom is 0.227 e. The molecule has 6 aromatic rings. The number of nitrogen functional groups attached to an aromatic ring is 1. The van der Waals surface area contributed by atoms with Crippen LogP contribution < -0.4 is 41.0 Å². The standard InChI is InChI=1S/C29H34N6O.C25H30N6O/c1-7-20(2)31-25-18-26(28(36-6)19-27(25)35(5)17-16-34(3)4)33-29-30-15-14-24(32-29)23-13-12-21-10-8-9-11-22(21)23;1-30(2)13-14-31(3)23-16-24(32-4)22(15-20(23)26)29-25-27-12-11-21(28-25)19-10-9-17-7-5-6-8-18(17)19/h7-11,13-15,18-19,31H,1-2,12,16-17H2,3-6H3,(H,30,32,33);5-8,10-12,15-16H,9,13-14,26H2,1-4H3,(H,27,28,29). The monoisotopic (exact) mass is 913 g/mol. The lowest BCUT2D eigenvalue weighted by atomic mass is 10.0. The Bertz CT molecular complexity index is 2820. The fraction of sp³-hybridized carbons (Fsp3) is 0.259. The van der Waals surface area contributed by atoms with Crippen molar-refractivity contribution < 1.29 is 9.47 Å². The number of hydrogen-bond acceptors (Lipinski definition) is 14. The molecule has 2 aromatic heterocycles. The van der Waals surface area contributed by atoms with E-state index in [0.717, 1.165) is 90.0 Å². The molecule has 14 heteroatoms. The summed E-state index contributed by atoms with van der Waals surface area (Å²) in [6, 6.07) is 28.6. The minimum absolute atomic E-state index is 0.498. The summed E-state index contributed by atoms with van der Waals surface area (Å²) >= 11 is 0. The molecule has 2 aliphatic carbocycles. The number of methoxy groups -OCH3 is 2. The highest BCUT2D eigenvalue weighted by atomic mass is 16.5. The minimum atomic E-state index is 0.498. The number of rotatable bonds is 19. The number of nitrogens with zero attached hydrogens (tertiary/aromatic N) is 8. The number of hydrogen-bond donors (Lipinski definition) is 4. The van der Waals surface area contributed by atoms with Gasteiger partial charge in [0.25, 0.3) is 0 Å². The van der Waals surface area contributed by atoms with Crippen LogP contribution in [0.1, 0.15) is 33.6 Å². The Morgan fingerprint density at radius 1 is 0.632 bits per heavy atom. The van der Waals surface area contributed by atoms with Gasteiger partial charge in [0.1, 0.15) is 11.5 Å². The number of likely N-dealkylation sites (N-methyl/N-ethyl adjacent to an activating group) is 4. The zero-order chi connectivity index (χ0) is 48.3. The number of ether oxygens (including phenoxy) is 2. The summed E-state index contributed by atoms with van der Waals surface area (Å²) in [6.45, 7) is 11.4. The second-order valence-corrected chi connectivity index (χ2v) is 17.2. The zero-order valence-corrected chi connectivity index (χ0v) is 40.6. The lowest BCUT2D eigenvalue weighted by Gasteiger charge is -2.26. The lowest BCUT2D eigenvalue weighted by molar-refractivity contribution is 0.413. The van der Waals surface area contributed by atoms with Crippen LogP contribution in [-0.4, -0.2) is 112 Å². The van der Waals surface area contributed by atoms with Crippen molar-refractivity contribution in [3.63, 3.8) is 0 Å². The summed E-state index contributed by atoms with van der Waals surface area (Å²) < 4.78 is 11.4. The molecule has 0 aliphatic heterocycles. The Kier molecular flexibility index (Phi) is 15.8. The Labute approximate surface area is 401 Å². The van der Waals surface area contributed by atoms with E-state index in [-0.39, 0.29) is 0 Å². The van der Waals surface area contributed by atoms with Gasteiger partial charge in [0, 0.05) is 81.6 Å². The second-order valence-electron chi connectivity index (χ2n) is 17.2. The predicted octanol–water partition coefficient (Wildman–Crippen LogP) is 9.12. The van der Waals surface area contributed by atoms with Crippen molar-refractivity contribution in [3.05, 3.63) is 168 Å². The third-order valence-electron chi connectivity index (χ3n) is 11.8. The van der Waals surface area contributed by atoms with E-state index in [2.05, 4.69) is 155 Å². The van der Waals surface area contributed by atoms with Crippen LogP contribution >= 0.6 is 0 Å². The highest BCUT2D eigenvalue weighted by Gasteiger charge is 2.21. The molecule has 68 heavy (non-hydrogen) atoms. The molecule has 0 fully saturated rings. The average Bonchev–Trinajstić information content (AvgIpc) is 3.98. The second kappa shape index (κ2) is 22.2. The SMILES string of the molecule is C=CC(=C)Nc1cc(Nc2nccc(C3=CCc4ccccc43)n2)c(OC)cc1N(C)CCN(C)C.COc1cc(N(C)CCN(C)C)c(N)cc1Nc1nccc(C2=CCc3ccccc32)n1. The van der Waals surface area contributed by atoms with Gasteiger partial charge >= 0.3 is 0 Å². The molecule has 0 saturated carbocycles. The molecule has 0 atom stereocenters. The van der Waals surface area contributed by atoms with Crippen LogP contribution in [0.2, 0.25) is 0 Å². The van der Waals surface area contributed by atoms with Crippen LogP contribution in [0, 0.1) is 0 Å². The van der Waals surface area contributed by atoms with E-state index >= 15 is 0 Å². The van der Waals surface area contributed by atoms with Crippen molar-refractivity contribution in [2.24, 2.45) is 0 Å². The highest BCUT2D eigenvalue weighted by molar-refractivity contribution is 5.86. The van der Waals surface area contributed by atoms with Gasteiger partial charge in [-0.3, -0.25) is 0 Å². The molecular weight excluding hydrogens is 849 g/mol. The first-order valence-electron chi connectivity index (χ1n) is 22.6. The molecule has 352 valence electrons. The molecule has 0 bridgehead atoms. The summed E-state index contributed by atoms with van der Waals surface area (Å²) in [7, 11) is 15.6. The number of aromatic nitrogens is 4. The van der Waals surface area contributed by atoms with Gasteiger partial charge in [-0.15, -0.1) is 0 Å². The van der Waals surface area contributed by atoms with Crippen molar-refractivity contribution in [1.82, 2.24) is 29.7 Å². The molecule has 0 amide bonds. The topological polar surface area (TPSA) is 145 Å². The molecule has 0 spiro atoms. The first kappa shape index (κ1) is 48.3. The van der Waals surface area contributed by atoms with Crippen LogP contribution in [-0.2, 0) is 12.8 Å². The molecular formula is C54H64N12O2. The van der Waals surface area contributed by atoms with E-state index in [9.17, 15) is 0 Å². The van der Waals surface area contributed by atoms with Gasteiger partial charge in [0.2, 0.25) is 11.9 Å². The molecule has 2 heterocycles. The van der Waals surface area contributed by atoms with E-state index in [1.807, 2.05) is 43.4 Å². The first-order valence-corrected chi connectivity index (χ1v) is 22.6. The van der Waals surface area contributed by atoms with Crippen LogP contribution in [0.25, 0.3) is 11.1 Å². The molecule has 2 aliphatic rings. The van der Waals surface area contributed by atoms with Gasteiger partial charge in [0.05, 0.1) is 59.7 Å². The highest BCUT2D eigenvalue weighted by Crippen LogP contribution is 2.40. The number of benzene rings is 4. The fourth-order valence-electron chi connectivity index (χ4n) is 8.03. The number of nitrogens with two attached hydrogens (primary N) is 1. The van der Waals surface area contributed by atoms with E-state index in [1.165, 1.54) is 22.3 Å². The normalized spacial score (nSPS) is 12.3. The Balaban J connectivity index is 0.000000203. The summed E-state index contributed by atoms with van der Waals surface area (Å²) in [6.07, 6.45) is 11.5. The van der Waals surface area contributed by atoms with Crippen molar-refractivity contribution in [3.8, 4) is 11.5 Å². The van der Waals surface area contributed by atoms with Gasteiger partial charge in [-0.2, -0.15) is 0 Å². The number of anilines is 8. The largest absolute Gasteiger partial charge is 0.494 e. The molecule has 8 rings (SSSR count). The molecule has 4 aromatic carbocycles. The minimum Gasteiger partial charge on any atom is -0.494 e. The molecule has 0 saturated heterocycles. The smallest absolute Gasteiger partial charge is 0.227 e. The van der Waals surface area contributed by atoms with E-state index in [4.69, 9.17) is 25.2 Å². The number of allylic oxidation sites excluding steroid dienone is 3. The molecule has 0 radical (unpaired) electrons. The molecule has 0 unspecified atom stereocenters. The van der Waals surface area contributed by atoms with E-state index in [1.54, 1.807) is 32.7 Å². The van der Waals surface area contributed by atoms with Crippen LogP contribution in [0.15, 0.2) is 134 Å². The zero-order valence-electron chi connectivity index (χ0n) is 40.6. The third kappa shape index (κ3) is 11.6. The van der Waals surface area contributed by atoms with Gasteiger partial charge in [0.15, 0.2) is 0 Å². The first-order chi connectivity index (χ1) is 32.8. The molecule has 5 N–H and O–H groups in total. The fourth-order valence-corrected chi connectivity index (χ4v) is 8.03. The average molecular weight is 913 g/mol. The van der Waals surface area contributed by atoms with Crippen molar-refractivity contribution >= 4 is 57.2 Å². The summed E-state index contributed by atoms with van der Waals surface area (Å²) in [4.78, 5) is 27.1. The van der Waals surface area contributed by atoms with Crippen molar-refractivity contribution in [1.29, 1.82) is 0 Å². The van der Waals surface area contributed by atoms with Crippen molar-refractivity contribution in [2.45, 2.75) is 12.8 Å². The maximum absolute atomic E-state index is 6.39. The van der Waals surface area contributed by atoms with Gasteiger partial charge in [-0.25, -0.2) is 19.9 Å². The van der Waals surface area contributed by atoms with Crippen LogP contribution in [0.5, 0.6) is 11.5 Å². The van der Waals surface area contributed by atoms with Crippen molar-refractivity contribution in [2.75, 3.05) is 114 Å². The van der Waals surface area contributed by atoms with Gasteiger partial charge in [-0.05, 0) is 93.6 Å². The molecule has 14 nitrogen and oxygen atoms in total.